The van der Waals surface area contributed by atoms with Crippen LogP contribution in [0.15, 0.2) is 71.6 Å². The maximum Gasteiger partial charge on any atom is 0.264 e. The van der Waals surface area contributed by atoms with Crippen molar-refractivity contribution in [1.82, 2.24) is 10.2 Å². The van der Waals surface area contributed by atoms with E-state index < -0.39 is 28.5 Å². The van der Waals surface area contributed by atoms with E-state index in [4.69, 9.17) is 16.3 Å². The Morgan fingerprint density at radius 1 is 0.976 bits per heavy atom. The quantitative estimate of drug-likeness (QED) is 0.260. The number of ether oxygens (including phenoxy) is 1. The topological polar surface area (TPSA) is 96.0 Å². The van der Waals surface area contributed by atoms with E-state index in [1.54, 1.807) is 56.5 Å². The number of benzene rings is 3. The minimum Gasteiger partial charge on any atom is -0.497 e. The number of sulfonamides is 1. The largest absolute Gasteiger partial charge is 0.497 e. The van der Waals surface area contributed by atoms with Crippen LogP contribution >= 0.6 is 11.6 Å². The van der Waals surface area contributed by atoms with Gasteiger partial charge in [0.1, 0.15) is 18.3 Å². The van der Waals surface area contributed by atoms with Crippen molar-refractivity contribution in [2.45, 2.75) is 71.0 Å². The molecule has 2 amide bonds. The molecule has 0 bridgehead atoms. The third-order valence-electron chi connectivity index (χ3n) is 7.19. The molecule has 226 valence electrons. The molecular formula is C32H40ClN3O5S. The van der Waals surface area contributed by atoms with Crippen LogP contribution in [-0.4, -0.2) is 50.9 Å². The number of nitrogens with zero attached hydrogens (tertiary/aromatic N) is 2. The minimum absolute atomic E-state index is 0.0520. The SMILES string of the molecule is CC[C@H](C(=O)N[C@@H](C)CC)N(Cc1cccc(OC)c1)C(=O)CN(c1ccc(Cl)cc1C)S(=O)(=O)c1ccc(C)cc1. The number of methoxy groups -OCH3 is 1. The molecule has 0 aliphatic rings. The highest BCUT2D eigenvalue weighted by molar-refractivity contribution is 7.92. The van der Waals surface area contributed by atoms with Crippen molar-refractivity contribution in [2.75, 3.05) is 18.0 Å². The summed E-state index contributed by atoms with van der Waals surface area (Å²) in [5.74, 6) is -0.204. The van der Waals surface area contributed by atoms with Crippen LogP contribution < -0.4 is 14.4 Å². The average Bonchev–Trinajstić information content (AvgIpc) is 2.96. The molecule has 8 nitrogen and oxygen atoms in total. The maximum absolute atomic E-state index is 14.2. The molecule has 0 fully saturated rings. The number of rotatable bonds is 13. The number of halogens is 1. The van der Waals surface area contributed by atoms with E-state index in [2.05, 4.69) is 5.32 Å². The molecule has 3 aromatic rings. The summed E-state index contributed by atoms with van der Waals surface area (Å²) in [6, 6.07) is 17.6. The molecule has 0 aliphatic heterocycles. The van der Waals surface area contributed by atoms with Crippen molar-refractivity contribution in [3.8, 4) is 5.75 Å². The lowest BCUT2D eigenvalue weighted by Gasteiger charge is -2.34. The Hall–Kier alpha value is -3.56. The molecule has 1 N–H and O–H groups in total. The van der Waals surface area contributed by atoms with Crippen LogP contribution in [0.25, 0.3) is 0 Å². The molecule has 0 radical (unpaired) electrons. The van der Waals surface area contributed by atoms with Gasteiger partial charge in [0.15, 0.2) is 0 Å². The van der Waals surface area contributed by atoms with E-state index in [1.807, 2.05) is 39.8 Å². The third-order valence-corrected chi connectivity index (χ3v) is 9.20. The Labute approximate surface area is 254 Å². The smallest absolute Gasteiger partial charge is 0.264 e. The molecule has 3 rings (SSSR count). The Morgan fingerprint density at radius 3 is 2.26 bits per heavy atom. The molecule has 0 aromatic heterocycles. The summed E-state index contributed by atoms with van der Waals surface area (Å²) >= 11 is 6.19. The van der Waals surface area contributed by atoms with Crippen LogP contribution in [0.2, 0.25) is 5.02 Å². The number of anilines is 1. The van der Waals surface area contributed by atoms with Crippen LogP contribution in [0.3, 0.4) is 0 Å². The zero-order valence-electron chi connectivity index (χ0n) is 25.1. The first-order valence-corrected chi connectivity index (χ1v) is 15.8. The van der Waals surface area contributed by atoms with Gasteiger partial charge in [-0.25, -0.2) is 8.42 Å². The summed E-state index contributed by atoms with van der Waals surface area (Å²) < 4.78 is 34.6. The molecule has 0 unspecified atom stereocenters. The summed E-state index contributed by atoms with van der Waals surface area (Å²) in [6.07, 6.45) is 1.06. The second-order valence-electron chi connectivity index (χ2n) is 10.4. The Morgan fingerprint density at radius 2 is 1.67 bits per heavy atom. The van der Waals surface area contributed by atoms with Gasteiger partial charge in [-0.1, -0.05) is 55.3 Å². The number of hydrogen-bond acceptors (Lipinski definition) is 5. The number of aryl methyl sites for hydroxylation is 2. The van der Waals surface area contributed by atoms with Crippen LogP contribution in [-0.2, 0) is 26.2 Å². The number of carbonyl (C=O) groups excluding carboxylic acids is 2. The van der Waals surface area contributed by atoms with Gasteiger partial charge in [0.2, 0.25) is 11.8 Å². The lowest BCUT2D eigenvalue weighted by molar-refractivity contribution is -0.140. The molecule has 0 saturated heterocycles. The Balaban J connectivity index is 2.10. The summed E-state index contributed by atoms with van der Waals surface area (Å²) in [7, 11) is -2.62. The van der Waals surface area contributed by atoms with Crippen molar-refractivity contribution in [3.05, 3.63) is 88.4 Å². The van der Waals surface area contributed by atoms with Crippen LogP contribution in [0.5, 0.6) is 5.75 Å². The monoisotopic (exact) mass is 613 g/mol. The van der Waals surface area contributed by atoms with Crippen molar-refractivity contribution < 1.29 is 22.7 Å². The predicted octanol–water partition coefficient (Wildman–Crippen LogP) is 5.88. The van der Waals surface area contributed by atoms with E-state index in [9.17, 15) is 18.0 Å². The van der Waals surface area contributed by atoms with Crippen molar-refractivity contribution in [2.24, 2.45) is 0 Å². The van der Waals surface area contributed by atoms with Gasteiger partial charge in [-0.15, -0.1) is 0 Å². The summed E-state index contributed by atoms with van der Waals surface area (Å²) in [4.78, 5) is 29.2. The van der Waals surface area contributed by atoms with Gasteiger partial charge < -0.3 is 15.0 Å². The third kappa shape index (κ3) is 8.04. The molecule has 0 spiro atoms. The van der Waals surface area contributed by atoms with Gasteiger partial charge in [0, 0.05) is 17.6 Å². The highest BCUT2D eigenvalue weighted by Crippen LogP contribution is 2.30. The summed E-state index contributed by atoms with van der Waals surface area (Å²) in [5, 5.41) is 3.43. The standard InChI is InChI=1S/C32H40ClN3O5S/c1-7-24(5)34-32(38)29(8-2)35(20-25-10-9-11-27(19-25)41-6)31(37)21-36(30-17-14-26(33)18-23(30)4)42(39,40)28-15-12-22(3)13-16-28/h9-19,24,29H,7-8,20-21H2,1-6H3,(H,34,38)/t24-,29+/m0/s1. The van der Waals surface area contributed by atoms with Gasteiger partial charge >= 0.3 is 0 Å². The van der Waals surface area contributed by atoms with Gasteiger partial charge in [-0.05, 0) is 87.2 Å². The van der Waals surface area contributed by atoms with E-state index in [0.717, 1.165) is 21.9 Å². The fraction of sp³-hybridized carbons (Fsp3) is 0.375. The van der Waals surface area contributed by atoms with Gasteiger partial charge in [-0.2, -0.15) is 0 Å². The van der Waals surface area contributed by atoms with Crippen LogP contribution in [0.4, 0.5) is 5.69 Å². The van der Waals surface area contributed by atoms with Gasteiger partial charge in [0.25, 0.3) is 10.0 Å². The maximum atomic E-state index is 14.2. The van der Waals surface area contributed by atoms with Crippen molar-refractivity contribution >= 4 is 39.1 Å². The first kappa shape index (κ1) is 32.9. The predicted molar refractivity (Wildman–Crippen MR) is 167 cm³/mol. The van der Waals surface area contributed by atoms with Gasteiger partial charge in [-0.3, -0.25) is 13.9 Å². The zero-order valence-corrected chi connectivity index (χ0v) is 26.6. The Bertz CT molecular complexity index is 1490. The second-order valence-corrected chi connectivity index (χ2v) is 12.7. The molecular weight excluding hydrogens is 574 g/mol. The average molecular weight is 614 g/mol. The first-order valence-electron chi connectivity index (χ1n) is 14.0. The number of nitrogens with one attached hydrogen (secondary N) is 1. The van der Waals surface area contributed by atoms with Gasteiger partial charge in [0.05, 0.1) is 17.7 Å². The molecule has 3 aromatic carbocycles. The van der Waals surface area contributed by atoms with E-state index in [1.165, 1.54) is 17.0 Å². The van der Waals surface area contributed by atoms with E-state index >= 15 is 0 Å². The highest BCUT2D eigenvalue weighted by atomic mass is 35.5. The van der Waals surface area contributed by atoms with Crippen molar-refractivity contribution in [1.29, 1.82) is 0 Å². The van der Waals surface area contributed by atoms with E-state index in [0.29, 0.717) is 28.4 Å². The normalized spacial score (nSPS) is 12.7. The van der Waals surface area contributed by atoms with Crippen LogP contribution in [0, 0.1) is 13.8 Å². The molecule has 0 saturated carbocycles. The van der Waals surface area contributed by atoms with Crippen molar-refractivity contribution in [3.63, 3.8) is 0 Å². The lowest BCUT2D eigenvalue weighted by atomic mass is 10.1. The fourth-order valence-corrected chi connectivity index (χ4v) is 6.28. The second kappa shape index (κ2) is 14.6. The molecule has 10 heteroatoms. The summed E-state index contributed by atoms with van der Waals surface area (Å²) in [6.45, 7) is 8.87. The summed E-state index contributed by atoms with van der Waals surface area (Å²) in [5.41, 5.74) is 2.56. The fourth-order valence-electron chi connectivity index (χ4n) is 4.58. The first-order chi connectivity index (χ1) is 19.9. The number of carbonyl (C=O) groups is 2. The molecule has 0 heterocycles. The molecule has 42 heavy (non-hydrogen) atoms. The molecule has 2 atom stereocenters. The Kier molecular flexibility index (Phi) is 11.4. The molecule has 0 aliphatic carbocycles. The zero-order chi connectivity index (χ0) is 31.0. The minimum atomic E-state index is -4.17. The van der Waals surface area contributed by atoms with E-state index in [-0.39, 0.29) is 23.4 Å². The number of amides is 2. The lowest BCUT2D eigenvalue weighted by Crippen LogP contribution is -2.53. The highest BCUT2D eigenvalue weighted by Gasteiger charge is 2.34. The number of hydrogen-bond donors (Lipinski definition) is 1. The van der Waals surface area contributed by atoms with Crippen LogP contribution in [0.1, 0.15) is 50.3 Å².